The first kappa shape index (κ1) is 15.2. The zero-order chi connectivity index (χ0) is 14.4. The van der Waals surface area contributed by atoms with Crippen LogP contribution in [0.25, 0.3) is 0 Å². The summed E-state index contributed by atoms with van der Waals surface area (Å²) < 4.78 is 0. The molecular formula is C13H22N4O2S. The molecule has 1 heterocycles. The second-order valence-electron chi connectivity index (χ2n) is 5.07. The van der Waals surface area contributed by atoms with Crippen LogP contribution in [-0.2, 0) is 0 Å². The Balaban J connectivity index is 1.85. The number of hydrogen-bond donors (Lipinski definition) is 2. The third-order valence-electron chi connectivity index (χ3n) is 3.27. The van der Waals surface area contributed by atoms with E-state index >= 15 is 0 Å². The predicted octanol–water partition coefficient (Wildman–Crippen LogP) is 2.43. The van der Waals surface area contributed by atoms with E-state index in [9.17, 15) is 4.79 Å². The van der Waals surface area contributed by atoms with E-state index in [1.807, 2.05) is 0 Å². The number of nitrogens with zero attached hydrogens (tertiary/aromatic N) is 3. The van der Waals surface area contributed by atoms with Crippen molar-refractivity contribution in [2.24, 2.45) is 0 Å². The highest BCUT2D eigenvalue weighted by Gasteiger charge is 2.28. The summed E-state index contributed by atoms with van der Waals surface area (Å²) in [6, 6.07) is -0.200. The van der Waals surface area contributed by atoms with Gasteiger partial charge in [0, 0.05) is 19.0 Å². The highest BCUT2D eigenvalue weighted by Crippen LogP contribution is 2.42. The number of rotatable bonds is 8. The fraction of sp³-hybridized carbons (Fsp3) is 0.769. The molecule has 112 valence electrons. The summed E-state index contributed by atoms with van der Waals surface area (Å²) in [6.07, 6.45) is 5.50. The molecule has 1 aromatic rings. The van der Waals surface area contributed by atoms with E-state index in [1.54, 1.807) is 4.90 Å². The van der Waals surface area contributed by atoms with E-state index in [2.05, 4.69) is 22.4 Å². The lowest BCUT2D eigenvalue weighted by atomic mass is 10.2. The Hall–Kier alpha value is -1.21. The number of carbonyl (C=O) groups is 1. The van der Waals surface area contributed by atoms with Crippen LogP contribution in [0, 0.1) is 0 Å². The molecule has 2 rings (SSSR count). The fourth-order valence-electron chi connectivity index (χ4n) is 1.94. The summed E-state index contributed by atoms with van der Waals surface area (Å²) in [5.41, 5.74) is 0. The molecule has 2 amide bonds. The van der Waals surface area contributed by atoms with Crippen molar-refractivity contribution in [1.29, 1.82) is 0 Å². The molecule has 0 aliphatic heterocycles. The van der Waals surface area contributed by atoms with Gasteiger partial charge in [0.1, 0.15) is 5.01 Å². The second-order valence-corrected chi connectivity index (χ2v) is 6.08. The van der Waals surface area contributed by atoms with Gasteiger partial charge in [0.05, 0.1) is 6.61 Å². The van der Waals surface area contributed by atoms with E-state index in [0.29, 0.717) is 24.1 Å². The molecule has 0 unspecified atom stereocenters. The Morgan fingerprint density at radius 3 is 2.85 bits per heavy atom. The number of unbranched alkanes of at least 4 members (excludes halogenated alkanes) is 2. The van der Waals surface area contributed by atoms with Gasteiger partial charge < -0.3 is 10.0 Å². The predicted molar refractivity (Wildman–Crippen MR) is 79.1 cm³/mol. The average molecular weight is 298 g/mol. The smallest absolute Gasteiger partial charge is 0.323 e. The van der Waals surface area contributed by atoms with Gasteiger partial charge >= 0.3 is 6.03 Å². The topological polar surface area (TPSA) is 78.4 Å². The van der Waals surface area contributed by atoms with E-state index in [-0.39, 0.29) is 12.6 Å². The first-order chi connectivity index (χ1) is 9.74. The molecule has 1 aromatic heterocycles. The molecule has 1 saturated carbocycles. The van der Waals surface area contributed by atoms with Gasteiger partial charge in [-0.05, 0) is 19.3 Å². The van der Waals surface area contributed by atoms with Crippen LogP contribution in [0.1, 0.15) is 50.0 Å². The van der Waals surface area contributed by atoms with Gasteiger partial charge in [-0.15, -0.1) is 10.2 Å². The van der Waals surface area contributed by atoms with Crippen LogP contribution in [0.2, 0.25) is 0 Å². The molecule has 7 heteroatoms. The summed E-state index contributed by atoms with van der Waals surface area (Å²) >= 11 is 1.45. The summed E-state index contributed by atoms with van der Waals surface area (Å²) in [7, 11) is 0. The second kappa shape index (κ2) is 7.54. The standard InChI is InChI=1S/C13H22N4O2S/c1-2-3-4-7-17(8-9-18)13(19)14-12-16-15-11(20-12)10-5-6-10/h10,18H,2-9H2,1H3,(H,14,16,19). The Morgan fingerprint density at radius 2 is 2.20 bits per heavy atom. The Labute approximate surface area is 123 Å². The summed E-state index contributed by atoms with van der Waals surface area (Å²) in [5, 5.41) is 21.5. The molecule has 6 nitrogen and oxygen atoms in total. The third-order valence-corrected chi connectivity index (χ3v) is 4.27. The lowest BCUT2D eigenvalue weighted by Gasteiger charge is -2.21. The lowest BCUT2D eigenvalue weighted by molar-refractivity contribution is 0.187. The molecule has 0 saturated heterocycles. The first-order valence-electron chi connectivity index (χ1n) is 7.24. The molecule has 0 radical (unpaired) electrons. The summed E-state index contributed by atoms with van der Waals surface area (Å²) in [5.74, 6) is 0.552. The highest BCUT2D eigenvalue weighted by molar-refractivity contribution is 7.15. The van der Waals surface area contributed by atoms with Gasteiger partial charge in [0.25, 0.3) is 0 Å². The lowest BCUT2D eigenvalue weighted by Crippen LogP contribution is -2.37. The number of hydrogen-bond acceptors (Lipinski definition) is 5. The monoisotopic (exact) mass is 298 g/mol. The van der Waals surface area contributed by atoms with Gasteiger partial charge in [-0.3, -0.25) is 5.32 Å². The molecular weight excluding hydrogens is 276 g/mol. The zero-order valence-corrected chi connectivity index (χ0v) is 12.7. The molecule has 0 aromatic carbocycles. The number of aromatic nitrogens is 2. The molecule has 1 aliphatic carbocycles. The van der Waals surface area contributed by atoms with Gasteiger partial charge in [-0.2, -0.15) is 0 Å². The van der Waals surface area contributed by atoms with Crippen LogP contribution in [-0.4, -0.2) is 45.9 Å². The van der Waals surface area contributed by atoms with Crippen LogP contribution in [0.15, 0.2) is 0 Å². The molecule has 2 N–H and O–H groups in total. The van der Waals surface area contributed by atoms with Crippen molar-refractivity contribution in [1.82, 2.24) is 15.1 Å². The van der Waals surface area contributed by atoms with Crippen LogP contribution in [0.5, 0.6) is 0 Å². The maximum atomic E-state index is 12.1. The quantitative estimate of drug-likeness (QED) is 0.723. The molecule has 0 spiro atoms. The van der Waals surface area contributed by atoms with Gasteiger partial charge in [-0.25, -0.2) is 4.79 Å². The van der Waals surface area contributed by atoms with E-state index in [1.165, 1.54) is 24.2 Å². The SMILES string of the molecule is CCCCCN(CCO)C(=O)Nc1nnc(C2CC2)s1. The minimum atomic E-state index is -0.200. The summed E-state index contributed by atoms with van der Waals surface area (Å²) in [4.78, 5) is 13.8. The van der Waals surface area contributed by atoms with Crippen molar-refractivity contribution in [3.05, 3.63) is 5.01 Å². The fourth-order valence-corrected chi connectivity index (χ4v) is 2.84. The average Bonchev–Trinajstić information content (AvgIpc) is 3.19. The van der Waals surface area contributed by atoms with Crippen LogP contribution in [0.4, 0.5) is 9.93 Å². The Kier molecular flexibility index (Phi) is 5.72. The van der Waals surface area contributed by atoms with Gasteiger partial charge in [-0.1, -0.05) is 31.1 Å². The Bertz CT molecular complexity index is 434. The van der Waals surface area contributed by atoms with Gasteiger partial charge in [0.2, 0.25) is 5.13 Å². The number of aliphatic hydroxyl groups is 1. The number of anilines is 1. The zero-order valence-electron chi connectivity index (χ0n) is 11.8. The van der Waals surface area contributed by atoms with Crippen molar-refractivity contribution in [2.45, 2.75) is 44.9 Å². The normalized spacial score (nSPS) is 14.3. The van der Waals surface area contributed by atoms with E-state index in [0.717, 1.165) is 24.3 Å². The van der Waals surface area contributed by atoms with Crippen LogP contribution in [0.3, 0.4) is 0 Å². The van der Waals surface area contributed by atoms with Crippen molar-refractivity contribution in [3.8, 4) is 0 Å². The first-order valence-corrected chi connectivity index (χ1v) is 8.06. The molecule has 0 atom stereocenters. The number of carbonyl (C=O) groups excluding carboxylic acids is 1. The maximum absolute atomic E-state index is 12.1. The molecule has 1 aliphatic rings. The van der Waals surface area contributed by atoms with Crippen LogP contribution < -0.4 is 5.32 Å². The number of urea groups is 1. The van der Waals surface area contributed by atoms with Crippen molar-refractivity contribution in [2.75, 3.05) is 25.0 Å². The number of nitrogens with one attached hydrogen (secondary N) is 1. The van der Waals surface area contributed by atoms with E-state index < -0.39 is 0 Å². The van der Waals surface area contributed by atoms with Crippen molar-refractivity contribution < 1.29 is 9.90 Å². The maximum Gasteiger partial charge on any atom is 0.323 e. The van der Waals surface area contributed by atoms with Crippen LogP contribution >= 0.6 is 11.3 Å². The van der Waals surface area contributed by atoms with Gasteiger partial charge in [0.15, 0.2) is 0 Å². The minimum absolute atomic E-state index is 0.0248. The minimum Gasteiger partial charge on any atom is -0.395 e. The van der Waals surface area contributed by atoms with Crippen molar-refractivity contribution in [3.63, 3.8) is 0 Å². The summed E-state index contributed by atoms with van der Waals surface area (Å²) in [6.45, 7) is 3.11. The highest BCUT2D eigenvalue weighted by atomic mass is 32.1. The Morgan fingerprint density at radius 1 is 1.40 bits per heavy atom. The third kappa shape index (κ3) is 4.42. The number of aliphatic hydroxyl groups excluding tert-OH is 1. The molecule has 1 fully saturated rings. The largest absolute Gasteiger partial charge is 0.395 e. The molecule has 20 heavy (non-hydrogen) atoms. The van der Waals surface area contributed by atoms with E-state index in [4.69, 9.17) is 5.11 Å². The van der Waals surface area contributed by atoms with Crippen molar-refractivity contribution >= 4 is 22.5 Å². The molecule has 0 bridgehead atoms. The number of amides is 2.